The number of benzene rings is 1. The van der Waals surface area contributed by atoms with Crippen molar-refractivity contribution in [2.45, 2.75) is 19.1 Å². The number of carbonyl (C=O) groups excluding carboxylic acids is 1. The lowest BCUT2D eigenvalue weighted by Gasteiger charge is -2.13. The fourth-order valence-corrected chi connectivity index (χ4v) is 5.19. The maximum Gasteiger partial charge on any atom is 0.235 e. The number of amides is 1. The minimum Gasteiger partial charge on any atom is -0.310 e. The van der Waals surface area contributed by atoms with Gasteiger partial charge >= 0.3 is 0 Å². The molecular formula is C18H17N3OS2. The first-order valence-corrected chi connectivity index (χ1v) is 9.68. The Balaban J connectivity index is 1.93. The topological polar surface area (TPSA) is 46.9 Å². The van der Waals surface area contributed by atoms with Gasteiger partial charge in [-0.1, -0.05) is 24.3 Å². The number of hydrogen-bond donors (Lipinski definition) is 1. The summed E-state index contributed by atoms with van der Waals surface area (Å²) in [5.41, 5.74) is 4.19. The van der Waals surface area contributed by atoms with Crippen molar-refractivity contribution >= 4 is 34.8 Å². The molecule has 6 heteroatoms. The van der Waals surface area contributed by atoms with E-state index in [0.717, 1.165) is 28.3 Å². The van der Waals surface area contributed by atoms with E-state index < -0.39 is 0 Å². The van der Waals surface area contributed by atoms with Gasteiger partial charge in [-0.3, -0.25) is 4.79 Å². The molecule has 1 N–H and O–H groups in total. The predicted molar refractivity (Wildman–Crippen MR) is 100 cm³/mol. The van der Waals surface area contributed by atoms with Crippen LogP contribution in [0.4, 0.5) is 5.82 Å². The molecule has 3 heterocycles. The Morgan fingerprint density at radius 2 is 2.04 bits per heavy atom. The van der Waals surface area contributed by atoms with E-state index in [9.17, 15) is 4.79 Å². The third-order valence-electron chi connectivity index (χ3n) is 4.15. The molecule has 1 amide bonds. The second-order valence-corrected chi connectivity index (χ2v) is 7.87. The second-order valence-electron chi connectivity index (χ2n) is 5.80. The summed E-state index contributed by atoms with van der Waals surface area (Å²) < 4.78 is 1.88. The van der Waals surface area contributed by atoms with E-state index in [1.54, 1.807) is 23.1 Å². The number of para-hydroxylation sites is 1. The highest BCUT2D eigenvalue weighted by atomic mass is 32.2. The van der Waals surface area contributed by atoms with Gasteiger partial charge in [0.05, 0.1) is 22.4 Å². The van der Waals surface area contributed by atoms with Gasteiger partial charge in [-0.05, 0) is 36.9 Å². The van der Waals surface area contributed by atoms with Crippen LogP contribution in [-0.4, -0.2) is 21.4 Å². The van der Waals surface area contributed by atoms with Gasteiger partial charge in [0.1, 0.15) is 5.82 Å². The molecule has 0 unspecified atom stereocenters. The number of nitrogens with one attached hydrogen (secondary N) is 1. The predicted octanol–water partition coefficient (Wildman–Crippen LogP) is 4.33. The molecule has 0 aliphatic carbocycles. The first kappa shape index (κ1) is 15.5. The van der Waals surface area contributed by atoms with E-state index in [-0.39, 0.29) is 11.2 Å². The SMILES string of the molecule is Cc1ccccc1-n1nc(C)c2c1NC(=O)CS[C@H]2c1cccs1. The molecule has 24 heavy (non-hydrogen) atoms. The van der Waals surface area contributed by atoms with Gasteiger partial charge in [-0.15, -0.1) is 23.1 Å². The highest BCUT2D eigenvalue weighted by Crippen LogP contribution is 2.45. The van der Waals surface area contributed by atoms with Crippen LogP contribution in [0, 0.1) is 13.8 Å². The molecule has 4 rings (SSSR count). The number of rotatable bonds is 2. The van der Waals surface area contributed by atoms with Crippen molar-refractivity contribution < 1.29 is 4.79 Å². The molecule has 122 valence electrons. The fraction of sp³-hybridized carbons (Fsp3) is 0.222. The standard InChI is InChI=1S/C18H17N3OS2/c1-11-6-3-4-7-13(11)21-18-16(12(2)20-21)17(14-8-5-9-23-14)24-10-15(22)19-18/h3-9,17H,10H2,1-2H3,(H,19,22)/t17-/m0/s1. The van der Waals surface area contributed by atoms with Crippen LogP contribution < -0.4 is 5.32 Å². The number of hydrogen-bond acceptors (Lipinski definition) is 4. The van der Waals surface area contributed by atoms with Gasteiger partial charge in [0.15, 0.2) is 0 Å². The zero-order chi connectivity index (χ0) is 16.7. The molecule has 4 nitrogen and oxygen atoms in total. The van der Waals surface area contributed by atoms with Crippen molar-refractivity contribution in [3.63, 3.8) is 0 Å². The molecule has 2 aromatic heterocycles. The van der Waals surface area contributed by atoms with Gasteiger partial charge in [0.2, 0.25) is 5.91 Å². The lowest BCUT2D eigenvalue weighted by atomic mass is 10.1. The van der Waals surface area contributed by atoms with Gasteiger partial charge in [-0.25, -0.2) is 4.68 Å². The fourth-order valence-electron chi connectivity index (χ4n) is 3.02. The number of thiophene rings is 1. The monoisotopic (exact) mass is 355 g/mol. The van der Waals surface area contributed by atoms with Crippen LogP contribution >= 0.6 is 23.1 Å². The van der Waals surface area contributed by atoms with Crippen LogP contribution in [0.2, 0.25) is 0 Å². The molecule has 1 aliphatic rings. The average Bonchev–Trinajstić information content (AvgIpc) is 3.15. The van der Waals surface area contributed by atoms with Crippen molar-refractivity contribution in [2.75, 3.05) is 11.1 Å². The maximum atomic E-state index is 12.3. The van der Waals surface area contributed by atoms with Crippen molar-refractivity contribution in [1.82, 2.24) is 9.78 Å². The number of anilines is 1. The molecular weight excluding hydrogens is 338 g/mol. The highest BCUT2D eigenvalue weighted by molar-refractivity contribution is 8.00. The third-order valence-corrected chi connectivity index (χ3v) is 6.49. The molecule has 1 aromatic carbocycles. The summed E-state index contributed by atoms with van der Waals surface area (Å²) in [4.78, 5) is 13.5. The van der Waals surface area contributed by atoms with Crippen LogP contribution in [0.25, 0.3) is 5.69 Å². The number of nitrogens with zero attached hydrogens (tertiary/aromatic N) is 2. The molecule has 1 aliphatic heterocycles. The second kappa shape index (κ2) is 6.11. The van der Waals surface area contributed by atoms with Crippen molar-refractivity contribution in [3.8, 4) is 5.69 Å². The summed E-state index contributed by atoms with van der Waals surface area (Å²) in [6.45, 7) is 4.08. The van der Waals surface area contributed by atoms with Gasteiger partial charge in [-0.2, -0.15) is 5.10 Å². The van der Waals surface area contributed by atoms with Crippen LogP contribution in [0.3, 0.4) is 0 Å². The van der Waals surface area contributed by atoms with E-state index >= 15 is 0 Å². The van der Waals surface area contributed by atoms with E-state index in [1.807, 2.05) is 29.8 Å². The Labute approximate surface area is 148 Å². The highest BCUT2D eigenvalue weighted by Gasteiger charge is 2.31. The van der Waals surface area contributed by atoms with E-state index in [2.05, 4.69) is 35.8 Å². The summed E-state index contributed by atoms with van der Waals surface area (Å²) >= 11 is 3.39. The molecule has 0 bridgehead atoms. The average molecular weight is 355 g/mol. The van der Waals surface area contributed by atoms with E-state index in [1.165, 1.54) is 4.88 Å². The number of thioether (sulfide) groups is 1. The molecule has 3 aromatic rings. The van der Waals surface area contributed by atoms with Gasteiger partial charge in [0.25, 0.3) is 0 Å². The van der Waals surface area contributed by atoms with Crippen molar-refractivity contribution in [3.05, 3.63) is 63.5 Å². The van der Waals surface area contributed by atoms with Gasteiger partial charge < -0.3 is 5.32 Å². The molecule has 0 saturated carbocycles. The smallest absolute Gasteiger partial charge is 0.235 e. The Morgan fingerprint density at radius 1 is 1.21 bits per heavy atom. The number of fused-ring (bicyclic) bond motifs is 1. The molecule has 0 saturated heterocycles. The largest absolute Gasteiger partial charge is 0.310 e. The molecule has 0 radical (unpaired) electrons. The zero-order valence-electron chi connectivity index (χ0n) is 13.4. The van der Waals surface area contributed by atoms with Gasteiger partial charge in [0, 0.05) is 10.4 Å². The quantitative estimate of drug-likeness (QED) is 0.744. The Hall–Kier alpha value is -2.05. The Kier molecular flexibility index (Phi) is 3.94. The Bertz CT molecular complexity index is 899. The lowest BCUT2D eigenvalue weighted by Crippen LogP contribution is -2.16. The number of carbonyl (C=O) groups is 1. The van der Waals surface area contributed by atoms with Crippen molar-refractivity contribution in [1.29, 1.82) is 0 Å². The number of aryl methyl sites for hydroxylation is 2. The summed E-state index contributed by atoms with van der Waals surface area (Å²) in [5.74, 6) is 1.27. The van der Waals surface area contributed by atoms with Crippen LogP contribution in [0.5, 0.6) is 0 Å². The van der Waals surface area contributed by atoms with E-state index in [0.29, 0.717) is 5.75 Å². The minimum atomic E-state index is 0.0232. The molecule has 0 fully saturated rings. The van der Waals surface area contributed by atoms with Crippen molar-refractivity contribution in [2.24, 2.45) is 0 Å². The Morgan fingerprint density at radius 3 is 2.79 bits per heavy atom. The third kappa shape index (κ3) is 2.56. The summed E-state index contributed by atoms with van der Waals surface area (Å²) in [7, 11) is 0. The number of aromatic nitrogens is 2. The van der Waals surface area contributed by atoms with Crippen LogP contribution in [0.15, 0.2) is 41.8 Å². The first-order valence-electron chi connectivity index (χ1n) is 7.75. The minimum absolute atomic E-state index is 0.0232. The zero-order valence-corrected chi connectivity index (χ0v) is 15.1. The maximum absolute atomic E-state index is 12.3. The molecule has 1 atom stereocenters. The normalized spacial score (nSPS) is 17.2. The summed E-state index contributed by atoms with van der Waals surface area (Å²) in [6.07, 6.45) is 0. The van der Waals surface area contributed by atoms with E-state index in [4.69, 9.17) is 5.10 Å². The summed E-state index contributed by atoms with van der Waals surface area (Å²) in [5, 5.41) is 10.0. The van der Waals surface area contributed by atoms with Crippen LogP contribution in [-0.2, 0) is 4.79 Å². The molecule has 0 spiro atoms. The van der Waals surface area contributed by atoms with Crippen LogP contribution in [0.1, 0.15) is 26.9 Å². The lowest BCUT2D eigenvalue weighted by molar-refractivity contribution is -0.113. The summed E-state index contributed by atoms with van der Waals surface area (Å²) in [6, 6.07) is 12.3. The first-order chi connectivity index (χ1) is 11.6.